The first-order chi connectivity index (χ1) is 11.1. The Bertz CT molecular complexity index is 744. The van der Waals surface area contributed by atoms with E-state index in [1.165, 1.54) is 0 Å². The number of carbonyl (C=O) groups excluding carboxylic acids is 2. The van der Waals surface area contributed by atoms with Crippen molar-refractivity contribution in [3.63, 3.8) is 0 Å². The summed E-state index contributed by atoms with van der Waals surface area (Å²) in [6.45, 7) is 2.01. The lowest BCUT2D eigenvalue weighted by atomic mass is 9.85. The van der Waals surface area contributed by atoms with Crippen molar-refractivity contribution >= 4 is 34.7 Å². The smallest absolute Gasteiger partial charge is 0.260 e. The third kappa shape index (κ3) is 2.55. The second-order valence-electron chi connectivity index (χ2n) is 5.73. The van der Waals surface area contributed by atoms with E-state index in [2.05, 4.69) is 0 Å². The molecule has 0 aromatic heterocycles. The number of anilines is 2. The third-order valence-corrected chi connectivity index (χ3v) is 4.70. The van der Waals surface area contributed by atoms with Gasteiger partial charge >= 0.3 is 0 Å². The molecular formula is C19H18ClNO2. The molecule has 0 unspecified atom stereocenters. The van der Waals surface area contributed by atoms with Crippen LogP contribution in [0.15, 0.2) is 54.6 Å². The average molecular weight is 328 g/mol. The number of fused-ring (bicyclic) bond motifs is 1. The maximum absolute atomic E-state index is 13.1. The monoisotopic (exact) mass is 327 g/mol. The minimum Gasteiger partial charge on any atom is -0.291 e. The fraction of sp³-hybridized carbons (Fsp3) is 0.263. The number of hydrogen-bond donors (Lipinski definition) is 0. The summed E-state index contributed by atoms with van der Waals surface area (Å²) in [5, 5.41) is 0. The number of unbranched alkanes of at least 4 members (excludes halogenated alkanes) is 1. The van der Waals surface area contributed by atoms with Gasteiger partial charge in [-0.3, -0.25) is 14.5 Å². The molecule has 1 atom stereocenters. The van der Waals surface area contributed by atoms with E-state index in [1.807, 2.05) is 43.3 Å². The van der Waals surface area contributed by atoms with E-state index >= 15 is 0 Å². The van der Waals surface area contributed by atoms with Gasteiger partial charge in [0.25, 0.3) is 5.91 Å². The summed E-state index contributed by atoms with van der Waals surface area (Å²) in [5.74, 6) is -0.650. The molecule has 3 rings (SSSR count). The first kappa shape index (κ1) is 15.8. The normalized spacial score (nSPS) is 20.5. The molecule has 0 radical (unpaired) electrons. The van der Waals surface area contributed by atoms with E-state index in [1.54, 1.807) is 23.1 Å². The van der Waals surface area contributed by atoms with Gasteiger partial charge in [-0.1, -0.05) is 61.7 Å². The van der Waals surface area contributed by atoms with Crippen LogP contribution in [0.1, 0.15) is 36.5 Å². The zero-order valence-electron chi connectivity index (χ0n) is 13.0. The summed E-state index contributed by atoms with van der Waals surface area (Å²) in [4.78, 5) is 26.0. The molecule has 0 saturated heterocycles. The van der Waals surface area contributed by atoms with E-state index in [4.69, 9.17) is 11.6 Å². The van der Waals surface area contributed by atoms with Crippen molar-refractivity contribution in [3.8, 4) is 0 Å². The second-order valence-corrected chi connectivity index (χ2v) is 6.37. The summed E-state index contributed by atoms with van der Waals surface area (Å²) in [7, 11) is 0. The summed E-state index contributed by atoms with van der Waals surface area (Å²) in [6.07, 6.45) is 1.95. The standard InChI is InChI=1S/C19H18ClNO2/c1-2-3-13-19(20)17(22)15-11-7-8-12-16(15)21(18(19)23)14-9-5-4-6-10-14/h4-12H,2-3,13H2,1H3/t19-/m1/s1. The molecule has 0 fully saturated rings. The molecule has 0 spiro atoms. The van der Waals surface area contributed by atoms with E-state index < -0.39 is 4.87 Å². The summed E-state index contributed by atoms with van der Waals surface area (Å²) >= 11 is 6.59. The van der Waals surface area contributed by atoms with E-state index in [9.17, 15) is 9.59 Å². The number of amides is 1. The van der Waals surface area contributed by atoms with Crippen molar-refractivity contribution in [2.24, 2.45) is 0 Å². The predicted octanol–water partition coefficient (Wildman–Crippen LogP) is 4.72. The molecule has 0 aliphatic carbocycles. The Morgan fingerprint density at radius 2 is 1.65 bits per heavy atom. The van der Waals surface area contributed by atoms with Crippen molar-refractivity contribution in [2.75, 3.05) is 4.90 Å². The fourth-order valence-electron chi connectivity index (χ4n) is 2.93. The van der Waals surface area contributed by atoms with Crippen LogP contribution in [-0.4, -0.2) is 16.6 Å². The summed E-state index contributed by atoms with van der Waals surface area (Å²) in [6, 6.07) is 16.5. The van der Waals surface area contributed by atoms with Gasteiger partial charge in [0.2, 0.25) is 0 Å². The zero-order valence-corrected chi connectivity index (χ0v) is 13.7. The largest absolute Gasteiger partial charge is 0.291 e. The van der Waals surface area contributed by atoms with Gasteiger partial charge in [0, 0.05) is 11.3 Å². The number of nitrogens with zero attached hydrogens (tertiary/aromatic N) is 1. The number of benzene rings is 2. The van der Waals surface area contributed by atoms with Gasteiger partial charge in [-0.2, -0.15) is 0 Å². The molecule has 0 bridgehead atoms. The maximum atomic E-state index is 13.1. The molecule has 2 aromatic carbocycles. The molecule has 1 amide bonds. The number of carbonyl (C=O) groups is 2. The van der Waals surface area contributed by atoms with Gasteiger partial charge in [0.05, 0.1) is 5.69 Å². The van der Waals surface area contributed by atoms with Gasteiger partial charge in [-0.05, 0) is 30.7 Å². The van der Waals surface area contributed by atoms with E-state index in [0.717, 1.165) is 18.5 Å². The summed E-state index contributed by atoms with van der Waals surface area (Å²) < 4.78 is 0. The number of para-hydroxylation sites is 2. The SMILES string of the molecule is CCCC[C@@]1(Cl)C(=O)c2ccccc2N(c2ccccc2)C1=O. The maximum Gasteiger partial charge on any atom is 0.260 e. The van der Waals surface area contributed by atoms with Crippen LogP contribution in [0.2, 0.25) is 0 Å². The van der Waals surface area contributed by atoms with Crippen LogP contribution in [0.4, 0.5) is 11.4 Å². The van der Waals surface area contributed by atoms with Gasteiger partial charge in [0.1, 0.15) is 0 Å². The second kappa shape index (κ2) is 6.17. The lowest BCUT2D eigenvalue weighted by molar-refractivity contribution is -0.119. The van der Waals surface area contributed by atoms with Gasteiger partial charge in [0.15, 0.2) is 10.7 Å². The van der Waals surface area contributed by atoms with Gasteiger partial charge < -0.3 is 0 Å². The molecule has 1 aliphatic heterocycles. The van der Waals surface area contributed by atoms with Crippen LogP contribution in [0.5, 0.6) is 0 Å². The van der Waals surface area contributed by atoms with E-state index in [0.29, 0.717) is 17.7 Å². The van der Waals surface area contributed by atoms with Crippen molar-refractivity contribution in [3.05, 3.63) is 60.2 Å². The molecule has 23 heavy (non-hydrogen) atoms. The predicted molar refractivity (Wildman–Crippen MR) is 92.5 cm³/mol. The first-order valence-electron chi connectivity index (χ1n) is 7.82. The molecule has 0 N–H and O–H groups in total. The number of halogens is 1. The van der Waals surface area contributed by atoms with Gasteiger partial charge in [-0.15, -0.1) is 0 Å². The molecule has 0 saturated carbocycles. The lowest BCUT2D eigenvalue weighted by Gasteiger charge is -2.37. The molecule has 4 heteroatoms. The Morgan fingerprint density at radius 1 is 1.00 bits per heavy atom. The quantitative estimate of drug-likeness (QED) is 0.602. The molecule has 1 aliphatic rings. The van der Waals surface area contributed by atoms with Gasteiger partial charge in [-0.25, -0.2) is 0 Å². The van der Waals surface area contributed by atoms with Crippen LogP contribution in [0, 0.1) is 0 Å². The third-order valence-electron chi connectivity index (χ3n) is 4.18. The minimum atomic E-state index is -1.51. The lowest BCUT2D eigenvalue weighted by Crippen LogP contribution is -2.53. The zero-order chi connectivity index (χ0) is 16.4. The Morgan fingerprint density at radius 3 is 2.35 bits per heavy atom. The van der Waals surface area contributed by atoms with Crippen LogP contribution < -0.4 is 4.90 Å². The highest BCUT2D eigenvalue weighted by Crippen LogP contribution is 2.42. The minimum absolute atomic E-state index is 0.291. The van der Waals surface area contributed by atoms with Crippen molar-refractivity contribution in [1.82, 2.24) is 0 Å². The Hall–Kier alpha value is -2.13. The molecule has 2 aromatic rings. The molecule has 118 valence electrons. The highest BCUT2D eigenvalue weighted by atomic mass is 35.5. The Labute approximate surface area is 140 Å². The highest BCUT2D eigenvalue weighted by Gasteiger charge is 2.51. The molecular weight excluding hydrogens is 310 g/mol. The number of Topliss-reactive ketones (excluding diaryl/α,β-unsaturated/α-hetero) is 1. The molecule has 3 nitrogen and oxygen atoms in total. The van der Waals surface area contributed by atoms with Crippen LogP contribution >= 0.6 is 11.6 Å². The fourth-order valence-corrected chi connectivity index (χ4v) is 3.25. The Balaban J connectivity index is 2.17. The van der Waals surface area contributed by atoms with Crippen molar-refractivity contribution < 1.29 is 9.59 Å². The highest BCUT2D eigenvalue weighted by molar-refractivity contribution is 6.53. The van der Waals surface area contributed by atoms with Crippen molar-refractivity contribution in [1.29, 1.82) is 0 Å². The van der Waals surface area contributed by atoms with Crippen molar-refractivity contribution in [2.45, 2.75) is 31.1 Å². The topological polar surface area (TPSA) is 37.4 Å². The number of rotatable bonds is 4. The first-order valence-corrected chi connectivity index (χ1v) is 8.19. The number of ketones is 1. The Kier molecular flexibility index (Phi) is 4.22. The number of alkyl halides is 1. The van der Waals surface area contributed by atoms with Crippen LogP contribution in [0.3, 0.4) is 0 Å². The number of hydrogen-bond acceptors (Lipinski definition) is 2. The van der Waals surface area contributed by atoms with E-state index in [-0.39, 0.29) is 11.7 Å². The molecule has 1 heterocycles. The van der Waals surface area contributed by atoms with Crippen LogP contribution in [-0.2, 0) is 4.79 Å². The summed E-state index contributed by atoms with van der Waals surface area (Å²) in [5.41, 5.74) is 1.82. The van der Waals surface area contributed by atoms with Crippen LogP contribution in [0.25, 0.3) is 0 Å². The average Bonchev–Trinajstić information content (AvgIpc) is 2.59.